The highest BCUT2D eigenvalue weighted by atomic mass is 32.2. The lowest BCUT2D eigenvalue weighted by Crippen LogP contribution is -2.43. The minimum atomic E-state index is -4.17. The molecule has 0 heterocycles. The molecule has 8 nitrogen and oxygen atoms in total. The molecule has 9 heteroatoms. The molecule has 1 unspecified atom stereocenters. The molecule has 2 rings (SSSR count). The third-order valence-corrected chi connectivity index (χ3v) is 5.31. The molecule has 1 N–H and O–H groups in total. The number of carbonyl (C=O) groups is 1. The summed E-state index contributed by atoms with van der Waals surface area (Å²) >= 11 is 0. The molecule has 2 aromatic carbocycles. The number of carbonyl (C=O) groups excluding carboxylic acids is 1. The number of aryl methyl sites for hydroxylation is 1. The number of hydrogen-bond donors (Lipinski definition) is 1. The summed E-state index contributed by atoms with van der Waals surface area (Å²) in [6.07, 6.45) is 0.0901. The molecule has 0 amide bonds. The number of benzene rings is 2. The van der Waals surface area contributed by atoms with Gasteiger partial charge in [-0.3, -0.25) is 14.9 Å². The zero-order valence-corrected chi connectivity index (χ0v) is 15.7. The Morgan fingerprint density at radius 2 is 1.89 bits per heavy atom. The van der Waals surface area contributed by atoms with Gasteiger partial charge in [0.05, 0.1) is 16.4 Å². The highest BCUT2D eigenvalue weighted by Gasteiger charge is 2.28. The first-order chi connectivity index (χ1) is 12.7. The van der Waals surface area contributed by atoms with Gasteiger partial charge in [-0.1, -0.05) is 36.4 Å². The lowest BCUT2D eigenvalue weighted by atomic mass is 10.1. The van der Waals surface area contributed by atoms with E-state index in [0.717, 1.165) is 11.6 Å². The summed E-state index contributed by atoms with van der Waals surface area (Å²) in [5, 5.41) is 11.1. The largest absolute Gasteiger partial charge is 0.465 e. The van der Waals surface area contributed by atoms with Crippen molar-refractivity contribution in [1.29, 1.82) is 0 Å². The van der Waals surface area contributed by atoms with Gasteiger partial charge in [0.1, 0.15) is 6.04 Å². The third kappa shape index (κ3) is 5.35. The monoisotopic (exact) mass is 392 g/mol. The Morgan fingerprint density at radius 1 is 1.22 bits per heavy atom. The summed E-state index contributed by atoms with van der Waals surface area (Å²) < 4.78 is 32.6. The Hall–Kier alpha value is -2.78. The van der Waals surface area contributed by atoms with E-state index < -0.39 is 27.0 Å². The molecule has 27 heavy (non-hydrogen) atoms. The van der Waals surface area contributed by atoms with E-state index in [-0.39, 0.29) is 23.6 Å². The van der Waals surface area contributed by atoms with Crippen molar-refractivity contribution in [2.24, 2.45) is 0 Å². The molecule has 0 saturated carbocycles. The molecule has 144 valence electrons. The Balaban J connectivity index is 2.33. The summed E-state index contributed by atoms with van der Waals surface area (Å²) in [6, 6.07) is 11.3. The topological polar surface area (TPSA) is 116 Å². The van der Waals surface area contributed by atoms with E-state index in [2.05, 4.69) is 4.72 Å². The summed E-state index contributed by atoms with van der Waals surface area (Å²) in [5.41, 5.74) is 0.770. The fraction of sp³-hybridized carbons (Fsp3) is 0.278. The second kappa shape index (κ2) is 8.74. The van der Waals surface area contributed by atoms with Gasteiger partial charge < -0.3 is 4.74 Å². The van der Waals surface area contributed by atoms with E-state index >= 15 is 0 Å². The molecule has 0 bridgehead atoms. The Morgan fingerprint density at radius 3 is 2.48 bits per heavy atom. The molecule has 0 spiro atoms. The summed E-state index contributed by atoms with van der Waals surface area (Å²) in [6.45, 7) is 3.23. The number of hydrogen-bond acceptors (Lipinski definition) is 6. The maximum atomic E-state index is 12.7. The van der Waals surface area contributed by atoms with Gasteiger partial charge in [0.25, 0.3) is 5.69 Å². The van der Waals surface area contributed by atoms with Crippen LogP contribution < -0.4 is 4.72 Å². The summed E-state index contributed by atoms with van der Waals surface area (Å²) in [5.74, 6) is -0.716. The van der Waals surface area contributed by atoms with Crippen LogP contribution >= 0.6 is 0 Å². The highest BCUT2D eigenvalue weighted by molar-refractivity contribution is 7.89. The summed E-state index contributed by atoms with van der Waals surface area (Å²) in [4.78, 5) is 22.4. The van der Waals surface area contributed by atoms with E-state index in [0.29, 0.717) is 5.56 Å². The normalized spacial score (nSPS) is 12.4. The van der Waals surface area contributed by atoms with Crippen molar-refractivity contribution in [2.75, 3.05) is 6.61 Å². The SMILES string of the molecule is CCOC(=O)C(Cc1ccccc1)NS(=O)(=O)c1ccc(C)c([N+](=O)[O-])c1. The molecule has 0 fully saturated rings. The second-order valence-electron chi connectivity index (χ2n) is 5.82. The van der Waals surface area contributed by atoms with Crippen molar-refractivity contribution < 1.29 is 22.9 Å². The van der Waals surface area contributed by atoms with Crippen molar-refractivity contribution in [1.82, 2.24) is 4.72 Å². The summed E-state index contributed by atoms with van der Waals surface area (Å²) in [7, 11) is -4.17. The minimum Gasteiger partial charge on any atom is -0.465 e. The zero-order chi connectivity index (χ0) is 20.0. The number of ether oxygens (including phenoxy) is 1. The highest BCUT2D eigenvalue weighted by Crippen LogP contribution is 2.22. The molecule has 2 aromatic rings. The van der Waals surface area contributed by atoms with Crippen LogP contribution in [0.2, 0.25) is 0 Å². The first-order valence-corrected chi connectivity index (χ1v) is 9.71. The number of sulfonamides is 1. The van der Waals surface area contributed by atoms with Crippen LogP contribution in [0.15, 0.2) is 53.4 Å². The van der Waals surface area contributed by atoms with E-state index in [1.54, 1.807) is 37.3 Å². The molecular weight excluding hydrogens is 372 g/mol. The van der Waals surface area contributed by atoms with Crippen LogP contribution in [0.25, 0.3) is 0 Å². The van der Waals surface area contributed by atoms with E-state index in [4.69, 9.17) is 4.74 Å². The Bertz CT molecular complexity index is 928. The zero-order valence-electron chi connectivity index (χ0n) is 14.9. The van der Waals surface area contributed by atoms with Crippen LogP contribution in [0.5, 0.6) is 0 Å². The molecule has 0 aliphatic rings. The Labute approximate surface area is 157 Å². The molecular formula is C18H20N2O6S. The molecule has 0 aliphatic carbocycles. The number of nitro benzene ring substituents is 1. The van der Waals surface area contributed by atoms with E-state index in [9.17, 15) is 23.3 Å². The second-order valence-corrected chi connectivity index (χ2v) is 7.54. The van der Waals surface area contributed by atoms with Gasteiger partial charge in [-0.15, -0.1) is 0 Å². The van der Waals surface area contributed by atoms with Gasteiger partial charge in [0, 0.05) is 11.6 Å². The first-order valence-electron chi connectivity index (χ1n) is 8.22. The number of nitrogens with zero attached hydrogens (tertiary/aromatic N) is 1. The number of nitrogens with one attached hydrogen (secondary N) is 1. The lowest BCUT2D eigenvalue weighted by Gasteiger charge is -2.17. The number of esters is 1. The first kappa shape index (κ1) is 20.5. The van der Waals surface area contributed by atoms with Gasteiger partial charge in [-0.2, -0.15) is 4.72 Å². The molecule has 0 aliphatic heterocycles. The fourth-order valence-corrected chi connectivity index (χ4v) is 3.68. The average molecular weight is 392 g/mol. The predicted molar refractivity (Wildman–Crippen MR) is 98.7 cm³/mol. The minimum absolute atomic E-state index is 0.0901. The maximum absolute atomic E-state index is 12.7. The quantitative estimate of drug-likeness (QED) is 0.419. The van der Waals surface area contributed by atoms with Crippen LogP contribution in [0.3, 0.4) is 0 Å². The standard InChI is InChI=1S/C18H20N2O6S/c1-3-26-18(21)16(11-14-7-5-4-6-8-14)19-27(24,25)15-10-9-13(2)17(12-15)20(22)23/h4-10,12,16,19H,3,11H2,1-2H3. The lowest BCUT2D eigenvalue weighted by molar-refractivity contribution is -0.385. The van der Waals surface area contributed by atoms with Crippen molar-refractivity contribution in [3.63, 3.8) is 0 Å². The van der Waals surface area contributed by atoms with Crippen LogP contribution in [-0.2, 0) is 26.0 Å². The van der Waals surface area contributed by atoms with Crippen LogP contribution in [0, 0.1) is 17.0 Å². The van der Waals surface area contributed by atoms with Crippen molar-refractivity contribution in [2.45, 2.75) is 31.2 Å². The van der Waals surface area contributed by atoms with Gasteiger partial charge in [-0.25, -0.2) is 8.42 Å². The van der Waals surface area contributed by atoms with Gasteiger partial charge in [-0.05, 0) is 31.9 Å². The van der Waals surface area contributed by atoms with Crippen molar-refractivity contribution in [3.8, 4) is 0 Å². The third-order valence-electron chi connectivity index (χ3n) is 3.84. The van der Waals surface area contributed by atoms with Gasteiger partial charge in [0.15, 0.2) is 0 Å². The van der Waals surface area contributed by atoms with Crippen LogP contribution in [0.4, 0.5) is 5.69 Å². The number of nitro groups is 1. The smallest absolute Gasteiger partial charge is 0.324 e. The van der Waals surface area contributed by atoms with Crippen molar-refractivity contribution in [3.05, 3.63) is 69.8 Å². The average Bonchev–Trinajstić information content (AvgIpc) is 2.62. The van der Waals surface area contributed by atoms with E-state index in [1.807, 2.05) is 0 Å². The molecule has 0 aromatic heterocycles. The van der Waals surface area contributed by atoms with Crippen LogP contribution in [-0.4, -0.2) is 32.0 Å². The fourth-order valence-electron chi connectivity index (χ4n) is 2.47. The predicted octanol–water partition coefficient (Wildman–Crippen LogP) is 2.36. The van der Waals surface area contributed by atoms with E-state index in [1.165, 1.54) is 19.1 Å². The number of rotatable bonds is 8. The van der Waals surface area contributed by atoms with Crippen LogP contribution in [0.1, 0.15) is 18.1 Å². The molecule has 0 radical (unpaired) electrons. The van der Waals surface area contributed by atoms with Crippen molar-refractivity contribution >= 4 is 21.7 Å². The Kier molecular flexibility index (Phi) is 6.65. The maximum Gasteiger partial charge on any atom is 0.324 e. The molecule has 0 saturated heterocycles. The molecule has 1 atom stereocenters. The van der Waals surface area contributed by atoms with Gasteiger partial charge >= 0.3 is 5.97 Å². The van der Waals surface area contributed by atoms with Gasteiger partial charge in [0.2, 0.25) is 10.0 Å².